The summed E-state index contributed by atoms with van der Waals surface area (Å²) in [6, 6.07) is 0. The SMILES string of the molecule is O=[C-]CC1CC=CCC1.[U]. The van der Waals surface area contributed by atoms with Gasteiger partial charge in [0.05, 0.1) is 0 Å². The molecule has 0 saturated heterocycles. The van der Waals surface area contributed by atoms with Gasteiger partial charge in [0.1, 0.15) is 0 Å². The summed E-state index contributed by atoms with van der Waals surface area (Å²) in [4.78, 5) is 9.92. The van der Waals surface area contributed by atoms with Gasteiger partial charge in [-0.3, -0.25) is 6.29 Å². The van der Waals surface area contributed by atoms with Gasteiger partial charge < -0.3 is 4.79 Å². The van der Waals surface area contributed by atoms with E-state index in [0.717, 1.165) is 12.8 Å². The first kappa shape index (κ1) is 10.5. The van der Waals surface area contributed by atoms with Gasteiger partial charge in [-0.1, -0.05) is 18.1 Å². The Kier molecular flexibility index (Phi) is 6.48. The summed E-state index contributed by atoms with van der Waals surface area (Å²) < 4.78 is 0. The van der Waals surface area contributed by atoms with Gasteiger partial charge in [-0.05, 0) is 19.3 Å². The van der Waals surface area contributed by atoms with E-state index in [1.165, 1.54) is 6.42 Å². The minimum atomic E-state index is 0. The zero-order valence-corrected chi connectivity index (χ0v) is 10.1. The Bertz CT molecular complexity index is 120. The summed E-state index contributed by atoms with van der Waals surface area (Å²) in [5, 5.41) is 0. The van der Waals surface area contributed by atoms with Gasteiger partial charge >= 0.3 is 0 Å². The quantitative estimate of drug-likeness (QED) is 0.542. The van der Waals surface area contributed by atoms with E-state index in [9.17, 15) is 4.79 Å². The van der Waals surface area contributed by atoms with Crippen LogP contribution in [0.2, 0.25) is 0 Å². The largest absolute Gasteiger partial charge is 0.542 e. The Morgan fingerprint density at radius 1 is 1.50 bits per heavy atom. The third-order valence-electron chi connectivity index (χ3n) is 1.75. The zero-order chi connectivity index (χ0) is 6.53. The second-order valence-electron chi connectivity index (χ2n) is 2.50. The van der Waals surface area contributed by atoms with Crippen LogP contribution in [0, 0.1) is 37.0 Å². The molecule has 0 bridgehead atoms. The monoisotopic (exact) mass is 361 g/mol. The molecule has 0 amide bonds. The molecule has 0 saturated carbocycles. The maximum atomic E-state index is 9.92. The van der Waals surface area contributed by atoms with Crippen molar-refractivity contribution in [1.29, 1.82) is 0 Å². The van der Waals surface area contributed by atoms with Gasteiger partial charge in [-0.2, -0.15) is 0 Å². The Labute approximate surface area is 85.6 Å². The summed E-state index contributed by atoms with van der Waals surface area (Å²) in [7, 11) is 0. The van der Waals surface area contributed by atoms with Gasteiger partial charge in [0, 0.05) is 31.1 Å². The predicted molar refractivity (Wildman–Crippen MR) is 36.8 cm³/mol. The summed E-state index contributed by atoms with van der Waals surface area (Å²) in [5.41, 5.74) is 0. The molecule has 1 aliphatic carbocycles. The number of rotatable bonds is 2. The van der Waals surface area contributed by atoms with Crippen LogP contribution in [0.15, 0.2) is 12.2 Å². The standard InChI is InChI=1S/C8H11O.U/c9-7-6-8-4-2-1-3-5-8;/h1-2,8H,3-6H2;/q-1;. The minimum Gasteiger partial charge on any atom is -0.542 e. The molecule has 10 heavy (non-hydrogen) atoms. The number of carbonyl (C=O) groups excluding carboxylic acids is 1. The van der Waals surface area contributed by atoms with Crippen molar-refractivity contribution in [1.82, 2.24) is 0 Å². The molecule has 2 heteroatoms. The van der Waals surface area contributed by atoms with Crippen LogP contribution < -0.4 is 0 Å². The van der Waals surface area contributed by atoms with Crippen molar-refractivity contribution in [2.24, 2.45) is 5.92 Å². The van der Waals surface area contributed by atoms with E-state index >= 15 is 0 Å². The van der Waals surface area contributed by atoms with E-state index in [0.29, 0.717) is 12.3 Å². The molecule has 1 atom stereocenters. The first-order valence-electron chi connectivity index (χ1n) is 3.43. The summed E-state index contributed by atoms with van der Waals surface area (Å²) in [6.45, 7) is 0. The molecule has 1 rings (SSSR count). The first-order valence-corrected chi connectivity index (χ1v) is 3.43. The number of allylic oxidation sites excluding steroid dienone is 2. The van der Waals surface area contributed by atoms with Crippen LogP contribution in [-0.2, 0) is 4.79 Å². The number of hydrogen-bond donors (Lipinski definition) is 0. The molecule has 0 heterocycles. The predicted octanol–water partition coefficient (Wildman–Crippen LogP) is 1.84. The molecule has 1 unspecified atom stereocenters. The van der Waals surface area contributed by atoms with Crippen LogP contribution in [0.5, 0.6) is 0 Å². The third-order valence-corrected chi connectivity index (χ3v) is 1.75. The molecule has 0 aromatic heterocycles. The summed E-state index contributed by atoms with van der Waals surface area (Å²) in [5.74, 6) is 0.590. The topological polar surface area (TPSA) is 17.1 Å². The van der Waals surface area contributed by atoms with E-state index in [-0.39, 0.29) is 31.1 Å². The Hall–Kier alpha value is 0.462. The Morgan fingerprint density at radius 3 is 2.80 bits per heavy atom. The van der Waals surface area contributed by atoms with Gasteiger partial charge in [0.2, 0.25) is 0 Å². The molecule has 54 valence electrons. The van der Waals surface area contributed by atoms with E-state index in [1.807, 2.05) is 6.29 Å². The van der Waals surface area contributed by atoms with E-state index in [2.05, 4.69) is 12.2 Å². The van der Waals surface area contributed by atoms with Crippen molar-refractivity contribution in [3.63, 3.8) is 0 Å². The molecular weight excluding hydrogens is 350 g/mol. The fourth-order valence-corrected chi connectivity index (χ4v) is 1.16. The molecule has 0 spiro atoms. The van der Waals surface area contributed by atoms with Gasteiger partial charge in [0.25, 0.3) is 0 Å². The summed E-state index contributed by atoms with van der Waals surface area (Å²) in [6.07, 6.45) is 10.3. The van der Waals surface area contributed by atoms with E-state index < -0.39 is 0 Å². The van der Waals surface area contributed by atoms with Crippen molar-refractivity contribution >= 4 is 6.29 Å². The van der Waals surface area contributed by atoms with Crippen molar-refractivity contribution in [3.05, 3.63) is 12.2 Å². The molecule has 0 aliphatic heterocycles. The second-order valence-corrected chi connectivity index (χ2v) is 2.50. The van der Waals surface area contributed by atoms with Gasteiger partial charge in [-0.25, -0.2) is 0 Å². The molecular formula is C8H11OU-. The molecule has 0 aromatic carbocycles. The average molecular weight is 361 g/mol. The van der Waals surface area contributed by atoms with Crippen LogP contribution >= 0.6 is 0 Å². The van der Waals surface area contributed by atoms with E-state index in [1.54, 1.807) is 0 Å². The van der Waals surface area contributed by atoms with Crippen LogP contribution in [0.3, 0.4) is 0 Å². The van der Waals surface area contributed by atoms with Gasteiger partial charge in [0.15, 0.2) is 0 Å². The zero-order valence-electron chi connectivity index (χ0n) is 5.97. The fourth-order valence-electron chi connectivity index (χ4n) is 1.16. The summed E-state index contributed by atoms with van der Waals surface area (Å²) >= 11 is 0. The molecule has 0 N–H and O–H groups in total. The maximum Gasteiger partial charge on any atom is 0 e. The molecule has 0 aromatic rings. The molecule has 1 nitrogen and oxygen atoms in total. The molecule has 0 fully saturated rings. The third kappa shape index (κ3) is 3.59. The Morgan fingerprint density at radius 2 is 2.30 bits per heavy atom. The molecule has 1 aliphatic rings. The fraction of sp³-hybridized carbons (Fsp3) is 0.625. The van der Waals surface area contributed by atoms with Crippen LogP contribution in [0.4, 0.5) is 0 Å². The van der Waals surface area contributed by atoms with Crippen molar-refractivity contribution in [3.8, 4) is 0 Å². The minimum absolute atomic E-state index is 0. The Balaban J connectivity index is 0.000000810. The van der Waals surface area contributed by atoms with Crippen molar-refractivity contribution in [2.75, 3.05) is 0 Å². The normalized spacial score (nSPS) is 23.4. The average Bonchev–Trinajstić information content (AvgIpc) is 1.91. The van der Waals surface area contributed by atoms with Crippen molar-refractivity contribution in [2.45, 2.75) is 25.7 Å². The first-order chi connectivity index (χ1) is 4.43. The van der Waals surface area contributed by atoms with Crippen LogP contribution in [-0.4, -0.2) is 6.29 Å². The van der Waals surface area contributed by atoms with Gasteiger partial charge in [-0.15, -0.1) is 6.42 Å². The van der Waals surface area contributed by atoms with Crippen LogP contribution in [0.1, 0.15) is 25.7 Å². The molecule has 0 radical (unpaired) electrons. The second kappa shape index (κ2) is 6.19. The van der Waals surface area contributed by atoms with Crippen molar-refractivity contribution < 1.29 is 35.9 Å². The smallest absolute Gasteiger partial charge is 0 e. The van der Waals surface area contributed by atoms with Crippen LogP contribution in [0.25, 0.3) is 0 Å². The van der Waals surface area contributed by atoms with E-state index in [4.69, 9.17) is 0 Å². The maximum absolute atomic E-state index is 9.92. The number of hydrogen-bond acceptors (Lipinski definition) is 1.